The molecule has 2 aromatic heterocycles. The van der Waals surface area contributed by atoms with Crippen LogP contribution >= 0.6 is 0 Å². The molecule has 0 saturated carbocycles. The second-order valence-corrected chi connectivity index (χ2v) is 3.53. The highest BCUT2D eigenvalue weighted by Gasteiger charge is 2.03. The third kappa shape index (κ3) is 2.24. The van der Waals surface area contributed by atoms with E-state index in [1.54, 1.807) is 4.68 Å². The van der Waals surface area contributed by atoms with Gasteiger partial charge in [0, 0.05) is 31.5 Å². The van der Waals surface area contributed by atoms with Gasteiger partial charge in [-0.25, -0.2) is 0 Å². The fourth-order valence-corrected chi connectivity index (χ4v) is 1.56. The number of hydrogen-bond acceptors (Lipinski definition) is 3. The van der Waals surface area contributed by atoms with Gasteiger partial charge in [-0.1, -0.05) is 0 Å². The van der Waals surface area contributed by atoms with Gasteiger partial charge in [0.15, 0.2) is 0 Å². The molecule has 0 bridgehead atoms. The normalized spacial score (nSPS) is 10.8. The summed E-state index contributed by atoms with van der Waals surface area (Å²) >= 11 is 0. The van der Waals surface area contributed by atoms with Crippen molar-refractivity contribution in [2.24, 2.45) is 7.05 Å². The Balaban J connectivity index is 2.13. The van der Waals surface area contributed by atoms with Crippen molar-refractivity contribution in [2.45, 2.75) is 13.1 Å². The van der Waals surface area contributed by atoms with E-state index < -0.39 is 0 Å². The molecule has 15 heavy (non-hydrogen) atoms. The SMILES string of the molecule is CNCc1ccnn1Cc1cnn(C)c1. The van der Waals surface area contributed by atoms with Gasteiger partial charge in [-0.15, -0.1) is 0 Å². The van der Waals surface area contributed by atoms with Crippen LogP contribution in [-0.4, -0.2) is 26.6 Å². The average molecular weight is 205 g/mol. The Labute approximate surface area is 88.7 Å². The van der Waals surface area contributed by atoms with Crippen LogP contribution < -0.4 is 5.32 Å². The highest BCUT2D eigenvalue weighted by Crippen LogP contribution is 2.04. The zero-order chi connectivity index (χ0) is 10.7. The largest absolute Gasteiger partial charge is 0.314 e. The van der Waals surface area contributed by atoms with Gasteiger partial charge < -0.3 is 5.32 Å². The molecule has 5 nitrogen and oxygen atoms in total. The molecule has 2 aromatic rings. The highest BCUT2D eigenvalue weighted by molar-refractivity contribution is 5.08. The molecule has 0 radical (unpaired) electrons. The van der Waals surface area contributed by atoms with Gasteiger partial charge in [-0.2, -0.15) is 10.2 Å². The number of hydrogen-bond donors (Lipinski definition) is 1. The number of aromatic nitrogens is 4. The molecule has 2 heterocycles. The van der Waals surface area contributed by atoms with E-state index in [1.807, 2.05) is 43.4 Å². The van der Waals surface area contributed by atoms with Crippen molar-refractivity contribution >= 4 is 0 Å². The summed E-state index contributed by atoms with van der Waals surface area (Å²) in [5.74, 6) is 0. The van der Waals surface area contributed by atoms with Crippen LogP contribution in [0.15, 0.2) is 24.7 Å². The summed E-state index contributed by atoms with van der Waals surface area (Å²) in [4.78, 5) is 0. The second kappa shape index (κ2) is 4.27. The minimum Gasteiger partial charge on any atom is -0.314 e. The highest BCUT2D eigenvalue weighted by atomic mass is 15.3. The first-order valence-corrected chi connectivity index (χ1v) is 4.92. The van der Waals surface area contributed by atoms with Gasteiger partial charge in [0.2, 0.25) is 0 Å². The number of nitrogens with zero attached hydrogens (tertiary/aromatic N) is 4. The fraction of sp³-hybridized carbons (Fsp3) is 0.400. The van der Waals surface area contributed by atoms with Crippen molar-refractivity contribution in [3.63, 3.8) is 0 Å². The van der Waals surface area contributed by atoms with Crippen LogP contribution in [0.2, 0.25) is 0 Å². The zero-order valence-electron chi connectivity index (χ0n) is 9.01. The van der Waals surface area contributed by atoms with Crippen molar-refractivity contribution < 1.29 is 0 Å². The molecular weight excluding hydrogens is 190 g/mol. The van der Waals surface area contributed by atoms with Crippen LogP contribution in [0.25, 0.3) is 0 Å². The molecule has 0 aliphatic rings. The van der Waals surface area contributed by atoms with Crippen molar-refractivity contribution in [3.05, 3.63) is 35.9 Å². The van der Waals surface area contributed by atoms with Crippen molar-refractivity contribution in [1.29, 1.82) is 0 Å². The fourth-order valence-electron chi connectivity index (χ4n) is 1.56. The molecule has 0 saturated heterocycles. The molecule has 0 aliphatic heterocycles. The van der Waals surface area contributed by atoms with Crippen LogP contribution in [-0.2, 0) is 20.1 Å². The molecule has 0 atom stereocenters. The van der Waals surface area contributed by atoms with Crippen LogP contribution in [0.4, 0.5) is 0 Å². The molecule has 1 N–H and O–H groups in total. The maximum absolute atomic E-state index is 4.28. The van der Waals surface area contributed by atoms with Crippen LogP contribution in [0.3, 0.4) is 0 Å². The maximum Gasteiger partial charge on any atom is 0.0693 e. The van der Waals surface area contributed by atoms with Crippen LogP contribution in [0.5, 0.6) is 0 Å². The number of aryl methyl sites for hydroxylation is 1. The average Bonchev–Trinajstić information content (AvgIpc) is 2.78. The number of nitrogens with one attached hydrogen (secondary N) is 1. The Kier molecular flexibility index (Phi) is 2.82. The predicted octanol–water partition coefficient (Wildman–Crippen LogP) is 0.384. The molecule has 0 aliphatic carbocycles. The topological polar surface area (TPSA) is 47.7 Å². The summed E-state index contributed by atoms with van der Waals surface area (Å²) in [5, 5.41) is 11.5. The molecule has 0 fully saturated rings. The summed E-state index contributed by atoms with van der Waals surface area (Å²) in [5.41, 5.74) is 2.35. The lowest BCUT2D eigenvalue weighted by molar-refractivity contribution is 0.622. The maximum atomic E-state index is 4.28. The molecule has 2 rings (SSSR count). The van der Waals surface area contributed by atoms with E-state index in [1.165, 1.54) is 11.3 Å². The van der Waals surface area contributed by atoms with Gasteiger partial charge in [0.1, 0.15) is 0 Å². The number of rotatable bonds is 4. The molecule has 0 aromatic carbocycles. The second-order valence-electron chi connectivity index (χ2n) is 3.53. The van der Waals surface area contributed by atoms with Crippen molar-refractivity contribution in [1.82, 2.24) is 24.9 Å². The third-order valence-electron chi connectivity index (χ3n) is 2.25. The summed E-state index contributed by atoms with van der Waals surface area (Å²) in [6.45, 7) is 1.61. The molecule has 0 unspecified atom stereocenters. The third-order valence-corrected chi connectivity index (χ3v) is 2.25. The minimum atomic E-state index is 0.776. The van der Waals surface area contributed by atoms with E-state index in [0.717, 1.165) is 13.1 Å². The predicted molar refractivity (Wildman–Crippen MR) is 57.3 cm³/mol. The standard InChI is InChI=1S/C10H15N5/c1-11-6-10-3-4-12-15(10)8-9-5-13-14(2)7-9/h3-5,7,11H,6,8H2,1-2H3. The summed E-state index contributed by atoms with van der Waals surface area (Å²) in [7, 11) is 3.85. The molecule has 80 valence electrons. The van der Waals surface area contributed by atoms with Crippen LogP contribution in [0, 0.1) is 0 Å². The molecule has 0 spiro atoms. The Bertz CT molecular complexity index is 428. The van der Waals surface area contributed by atoms with E-state index >= 15 is 0 Å². The van der Waals surface area contributed by atoms with E-state index in [-0.39, 0.29) is 0 Å². The summed E-state index contributed by atoms with van der Waals surface area (Å²) in [6.07, 6.45) is 5.69. The van der Waals surface area contributed by atoms with Gasteiger partial charge in [-0.05, 0) is 13.1 Å². The molecular formula is C10H15N5. The first-order chi connectivity index (χ1) is 7.29. The quantitative estimate of drug-likeness (QED) is 0.785. The van der Waals surface area contributed by atoms with E-state index in [2.05, 4.69) is 15.5 Å². The Morgan fingerprint density at radius 3 is 2.93 bits per heavy atom. The summed E-state index contributed by atoms with van der Waals surface area (Å²) < 4.78 is 3.78. The lowest BCUT2D eigenvalue weighted by Gasteiger charge is -2.04. The van der Waals surface area contributed by atoms with Gasteiger partial charge in [-0.3, -0.25) is 9.36 Å². The van der Waals surface area contributed by atoms with Crippen molar-refractivity contribution in [3.8, 4) is 0 Å². The Morgan fingerprint density at radius 2 is 2.27 bits per heavy atom. The minimum absolute atomic E-state index is 0.776. The van der Waals surface area contributed by atoms with Gasteiger partial charge >= 0.3 is 0 Å². The van der Waals surface area contributed by atoms with Gasteiger partial charge in [0.25, 0.3) is 0 Å². The first-order valence-electron chi connectivity index (χ1n) is 4.92. The lowest BCUT2D eigenvalue weighted by atomic mass is 10.3. The summed E-state index contributed by atoms with van der Waals surface area (Å²) in [6, 6.07) is 2.02. The van der Waals surface area contributed by atoms with E-state index in [0.29, 0.717) is 0 Å². The Morgan fingerprint density at radius 1 is 1.40 bits per heavy atom. The van der Waals surface area contributed by atoms with Gasteiger partial charge in [0.05, 0.1) is 18.4 Å². The first kappa shape index (κ1) is 9.92. The lowest BCUT2D eigenvalue weighted by Crippen LogP contribution is -2.12. The molecule has 5 heteroatoms. The zero-order valence-corrected chi connectivity index (χ0v) is 9.01. The van der Waals surface area contributed by atoms with Crippen LogP contribution in [0.1, 0.15) is 11.3 Å². The molecule has 0 amide bonds. The van der Waals surface area contributed by atoms with E-state index in [9.17, 15) is 0 Å². The monoisotopic (exact) mass is 205 g/mol. The van der Waals surface area contributed by atoms with E-state index in [4.69, 9.17) is 0 Å². The Hall–Kier alpha value is -1.62. The smallest absolute Gasteiger partial charge is 0.0693 e. The van der Waals surface area contributed by atoms with Crippen molar-refractivity contribution in [2.75, 3.05) is 7.05 Å².